The molecule has 2 amide bonds. The van der Waals surface area contributed by atoms with Crippen LogP contribution in [0.4, 0.5) is 0 Å². The van der Waals surface area contributed by atoms with Crippen molar-refractivity contribution >= 4 is 17.6 Å². The van der Waals surface area contributed by atoms with Crippen molar-refractivity contribution in [1.29, 1.82) is 0 Å². The van der Waals surface area contributed by atoms with E-state index in [0.717, 1.165) is 5.56 Å². The van der Waals surface area contributed by atoms with Gasteiger partial charge < -0.3 is 15.5 Å². The molecule has 0 aliphatic carbocycles. The van der Waals surface area contributed by atoms with Gasteiger partial charge in [-0.1, -0.05) is 36.4 Å². The summed E-state index contributed by atoms with van der Waals surface area (Å²) < 4.78 is 5.43. The number of aryl methyl sites for hydroxylation is 1. The van der Waals surface area contributed by atoms with Crippen LogP contribution in [0.15, 0.2) is 59.1 Å². The summed E-state index contributed by atoms with van der Waals surface area (Å²) in [5.41, 5.74) is 6.61. The minimum Gasteiger partial charge on any atom is -0.435 e. The highest BCUT2D eigenvalue weighted by molar-refractivity contribution is 6.38. The minimum absolute atomic E-state index is 0.0912. The first-order chi connectivity index (χ1) is 13.5. The van der Waals surface area contributed by atoms with Gasteiger partial charge in [0.1, 0.15) is 11.7 Å². The Labute approximate surface area is 160 Å². The number of amides is 2. The highest BCUT2D eigenvalue weighted by Gasteiger charge is 2.29. The third-order valence-electron chi connectivity index (χ3n) is 4.00. The summed E-state index contributed by atoms with van der Waals surface area (Å²) in [5.74, 6) is -2.53. The zero-order valence-corrected chi connectivity index (χ0v) is 15.1. The number of ketones is 1. The number of carbonyl (C=O) groups excluding carboxylic acids is 3. The molecule has 1 atom stereocenters. The van der Waals surface area contributed by atoms with Crippen LogP contribution in [0.1, 0.15) is 22.0 Å². The molecular formula is C20H18N4O4. The average Bonchev–Trinajstić information content (AvgIpc) is 3.10. The summed E-state index contributed by atoms with van der Waals surface area (Å²) in [6.07, 6.45) is 1.68. The lowest BCUT2D eigenvalue weighted by molar-refractivity contribution is -0.137. The van der Waals surface area contributed by atoms with Gasteiger partial charge in [0.15, 0.2) is 5.89 Å². The number of rotatable bonds is 7. The molecule has 0 aliphatic rings. The fourth-order valence-electron chi connectivity index (χ4n) is 2.71. The summed E-state index contributed by atoms with van der Waals surface area (Å²) in [4.78, 5) is 44.8. The van der Waals surface area contributed by atoms with Gasteiger partial charge in [-0.3, -0.25) is 19.4 Å². The summed E-state index contributed by atoms with van der Waals surface area (Å²) in [7, 11) is 0. The molecule has 3 N–H and O–H groups in total. The molecule has 0 saturated carbocycles. The third-order valence-corrected chi connectivity index (χ3v) is 4.00. The fraction of sp³-hybridized carbons (Fsp3) is 0.150. The zero-order chi connectivity index (χ0) is 20.1. The van der Waals surface area contributed by atoms with E-state index in [9.17, 15) is 14.4 Å². The van der Waals surface area contributed by atoms with Crippen molar-refractivity contribution in [3.05, 3.63) is 71.9 Å². The smallest absolute Gasteiger partial charge is 0.290 e. The molecule has 3 rings (SSSR count). The number of nitrogens with one attached hydrogen (secondary N) is 1. The van der Waals surface area contributed by atoms with Crippen LogP contribution in [0, 0.1) is 6.92 Å². The molecule has 142 valence electrons. The number of primary amides is 1. The Morgan fingerprint density at radius 3 is 2.46 bits per heavy atom. The van der Waals surface area contributed by atoms with E-state index in [1.807, 2.05) is 6.07 Å². The molecule has 3 aromatic rings. The Hall–Kier alpha value is -3.81. The van der Waals surface area contributed by atoms with Crippen LogP contribution >= 0.6 is 0 Å². The van der Waals surface area contributed by atoms with Gasteiger partial charge in [0.25, 0.3) is 11.8 Å². The van der Waals surface area contributed by atoms with Crippen molar-refractivity contribution in [1.82, 2.24) is 15.3 Å². The molecular weight excluding hydrogens is 360 g/mol. The number of hydrogen-bond acceptors (Lipinski definition) is 6. The second-order valence-corrected chi connectivity index (χ2v) is 6.07. The molecule has 28 heavy (non-hydrogen) atoms. The number of pyridine rings is 1. The lowest BCUT2D eigenvalue weighted by Crippen LogP contribution is -2.47. The molecule has 0 spiro atoms. The van der Waals surface area contributed by atoms with Crippen LogP contribution in [0.5, 0.6) is 0 Å². The SMILES string of the molecule is Cc1nc(-c2ccccn2)c(C(=O)N[C@@H](Cc2ccccc2)C(=O)C(N)=O)o1. The van der Waals surface area contributed by atoms with Gasteiger partial charge in [-0.15, -0.1) is 0 Å². The monoisotopic (exact) mass is 378 g/mol. The number of Topliss-reactive ketones (excluding diaryl/α,β-unsaturated/α-hetero) is 1. The van der Waals surface area contributed by atoms with Crippen LogP contribution in [0.3, 0.4) is 0 Å². The minimum atomic E-state index is -1.13. The van der Waals surface area contributed by atoms with Gasteiger partial charge in [0, 0.05) is 19.5 Å². The van der Waals surface area contributed by atoms with E-state index in [0.29, 0.717) is 5.69 Å². The van der Waals surface area contributed by atoms with Crippen LogP contribution in [-0.4, -0.2) is 33.6 Å². The van der Waals surface area contributed by atoms with E-state index in [2.05, 4.69) is 15.3 Å². The number of hydrogen-bond donors (Lipinski definition) is 2. The van der Waals surface area contributed by atoms with E-state index in [4.69, 9.17) is 10.2 Å². The Kier molecular flexibility index (Phi) is 5.59. The zero-order valence-electron chi connectivity index (χ0n) is 15.1. The quantitative estimate of drug-likeness (QED) is 0.599. The molecule has 1 aromatic carbocycles. The number of nitrogens with two attached hydrogens (primary N) is 1. The third kappa shape index (κ3) is 4.29. The van der Waals surface area contributed by atoms with Gasteiger partial charge in [-0.25, -0.2) is 4.98 Å². The molecule has 0 bridgehead atoms. The summed E-state index contributed by atoms with van der Waals surface area (Å²) in [6, 6.07) is 13.0. The number of nitrogens with zero attached hydrogens (tertiary/aromatic N) is 2. The number of benzene rings is 1. The van der Waals surface area contributed by atoms with Gasteiger partial charge in [0.05, 0.1) is 5.69 Å². The lowest BCUT2D eigenvalue weighted by atomic mass is 10.0. The van der Waals surface area contributed by atoms with Gasteiger partial charge >= 0.3 is 0 Å². The van der Waals surface area contributed by atoms with Crippen molar-refractivity contribution < 1.29 is 18.8 Å². The van der Waals surface area contributed by atoms with E-state index in [-0.39, 0.29) is 23.8 Å². The lowest BCUT2D eigenvalue weighted by Gasteiger charge is -2.15. The standard InChI is InChI=1S/C20H18N4O4/c1-12-23-16(14-9-5-6-10-22-14)18(28-12)20(27)24-15(17(25)19(21)26)11-13-7-3-2-4-8-13/h2-10,15H,11H2,1H3,(H2,21,26)(H,24,27)/t15-/m0/s1. The predicted molar refractivity (Wildman–Crippen MR) is 100 cm³/mol. The van der Waals surface area contributed by atoms with E-state index < -0.39 is 23.6 Å². The van der Waals surface area contributed by atoms with Crippen molar-refractivity contribution in [2.45, 2.75) is 19.4 Å². The van der Waals surface area contributed by atoms with E-state index >= 15 is 0 Å². The molecule has 2 aromatic heterocycles. The Morgan fingerprint density at radius 2 is 1.82 bits per heavy atom. The van der Waals surface area contributed by atoms with Crippen LogP contribution in [0.25, 0.3) is 11.4 Å². The number of oxazole rings is 1. The first-order valence-corrected chi connectivity index (χ1v) is 8.53. The van der Waals surface area contributed by atoms with Gasteiger partial charge in [-0.05, 0) is 17.7 Å². The maximum atomic E-state index is 12.8. The maximum absolute atomic E-state index is 12.8. The number of aromatic nitrogens is 2. The summed E-state index contributed by atoms with van der Waals surface area (Å²) >= 11 is 0. The predicted octanol–water partition coefficient (Wildman–Crippen LogP) is 1.44. The fourth-order valence-corrected chi connectivity index (χ4v) is 2.71. The Morgan fingerprint density at radius 1 is 1.11 bits per heavy atom. The first kappa shape index (κ1) is 19.0. The molecule has 2 heterocycles. The van der Waals surface area contributed by atoms with Crippen molar-refractivity contribution in [3.63, 3.8) is 0 Å². The van der Waals surface area contributed by atoms with Crippen molar-refractivity contribution in [2.24, 2.45) is 5.73 Å². The molecule has 0 unspecified atom stereocenters. The van der Waals surface area contributed by atoms with Crippen molar-refractivity contribution in [3.8, 4) is 11.4 Å². The Balaban J connectivity index is 1.88. The van der Waals surface area contributed by atoms with Gasteiger partial charge in [-0.2, -0.15) is 0 Å². The van der Waals surface area contributed by atoms with E-state index in [1.165, 1.54) is 0 Å². The number of carbonyl (C=O) groups is 3. The normalized spacial score (nSPS) is 11.6. The molecule has 8 nitrogen and oxygen atoms in total. The highest BCUT2D eigenvalue weighted by Crippen LogP contribution is 2.22. The largest absolute Gasteiger partial charge is 0.435 e. The molecule has 0 saturated heterocycles. The molecule has 0 radical (unpaired) electrons. The molecule has 8 heteroatoms. The van der Waals surface area contributed by atoms with Crippen LogP contribution in [-0.2, 0) is 16.0 Å². The average molecular weight is 378 g/mol. The molecule has 0 aliphatic heterocycles. The van der Waals surface area contributed by atoms with Crippen LogP contribution in [0.2, 0.25) is 0 Å². The summed E-state index contributed by atoms with van der Waals surface area (Å²) in [5, 5.41) is 2.54. The first-order valence-electron chi connectivity index (χ1n) is 8.53. The highest BCUT2D eigenvalue weighted by atomic mass is 16.4. The van der Waals surface area contributed by atoms with Crippen molar-refractivity contribution in [2.75, 3.05) is 0 Å². The van der Waals surface area contributed by atoms with E-state index in [1.54, 1.807) is 55.6 Å². The van der Waals surface area contributed by atoms with Crippen LogP contribution < -0.4 is 11.1 Å². The summed E-state index contributed by atoms with van der Waals surface area (Å²) in [6.45, 7) is 1.60. The maximum Gasteiger partial charge on any atom is 0.290 e. The topological polar surface area (TPSA) is 128 Å². The molecule has 0 fully saturated rings. The Bertz CT molecular complexity index is 1000. The second-order valence-electron chi connectivity index (χ2n) is 6.07. The second kappa shape index (κ2) is 8.26. The van der Waals surface area contributed by atoms with Gasteiger partial charge in [0.2, 0.25) is 11.5 Å².